The summed E-state index contributed by atoms with van der Waals surface area (Å²) in [6.07, 6.45) is 0.986. The summed E-state index contributed by atoms with van der Waals surface area (Å²) >= 11 is 0. The Hall–Kier alpha value is -2.01. The summed E-state index contributed by atoms with van der Waals surface area (Å²) in [5.74, 6) is 0.893. The Morgan fingerprint density at radius 1 is 1.26 bits per heavy atom. The summed E-state index contributed by atoms with van der Waals surface area (Å²) < 4.78 is 7.70. The molecule has 1 aromatic carbocycles. The number of nitrogens with one attached hydrogen (secondary N) is 1. The predicted molar refractivity (Wildman–Crippen MR) is 93.1 cm³/mol. The molecule has 0 aliphatic rings. The second kappa shape index (κ2) is 8.02. The van der Waals surface area contributed by atoms with Crippen LogP contribution in [0.5, 0.6) is 5.75 Å². The largest absolute Gasteiger partial charge is 0.491 e. The van der Waals surface area contributed by atoms with Crippen molar-refractivity contribution in [1.82, 2.24) is 9.78 Å². The highest BCUT2D eigenvalue weighted by Gasteiger charge is 2.12. The van der Waals surface area contributed by atoms with Crippen molar-refractivity contribution in [2.45, 2.75) is 47.2 Å². The molecule has 1 aromatic heterocycles. The second-order valence-electron chi connectivity index (χ2n) is 5.80. The molecule has 2 N–H and O–H groups in total. The number of aliphatic hydroxyl groups is 1. The van der Waals surface area contributed by atoms with Crippen molar-refractivity contribution < 1.29 is 9.84 Å². The van der Waals surface area contributed by atoms with Gasteiger partial charge in [0.05, 0.1) is 31.1 Å². The Morgan fingerprint density at radius 2 is 2.04 bits per heavy atom. The SMILES string of the molecule is CCCOc1cc(C)ccc1NCc1c(C)nn(CCO)c1C. The van der Waals surface area contributed by atoms with Gasteiger partial charge in [0.1, 0.15) is 5.75 Å². The van der Waals surface area contributed by atoms with Crippen LogP contribution in [-0.4, -0.2) is 28.1 Å². The molecule has 0 spiro atoms. The molecule has 126 valence electrons. The van der Waals surface area contributed by atoms with Gasteiger partial charge in [0.25, 0.3) is 0 Å². The Bertz CT molecular complexity index is 650. The van der Waals surface area contributed by atoms with E-state index in [1.165, 1.54) is 11.1 Å². The monoisotopic (exact) mass is 317 g/mol. The number of aromatic nitrogens is 2. The van der Waals surface area contributed by atoms with Gasteiger partial charge >= 0.3 is 0 Å². The summed E-state index contributed by atoms with van der Waals surface area (Å²) in [4.78, 5) is 0. The van der Waals surface area contributed by atoms with Gasteiger partial charge in [-0.05, 0) is 44.9 Å². The zero-order chi connectivity index (χ0) is 16.8. The number of hydrogen-bond donors (Lipinski definition) is 2. The molecular weight excluding hydrogens is 290 g/mol. The average Bonchev–Trinajstić information content (AvgIpc) is 2.79. The van der Waals surface area contributed by atoms with Crippen molar-refractivity contribution >= 4 is 5.69 Å². The molecule has 0 aliphatic carbocycles. The third-order valence-electron chi connectivity index (χ3n) is 3.90. The minimum absolute atomic E-state index is 0.0990. The van der Waals surface area contributed by atoms with Crippen LogP contribution in [0.2, 0.25) is 0 Å². The summed E-state index contributed by atoms with van der Waals surface area (Å²) in [5, 5.41) is 17.0. The molecule has 0 aliphatic heterocycles. The second-order valence-corrected chi connectivity index (χ2v) is 5.80. The summed E-state index contributed by atoms with van der Waals surface area (Å²) in [6.45, 7) is 10.2. The molecule has 1 heterocycles. The van der Waals surface area contributed by atoms with E-state index in [4.69, 9.17) is 9.84 Å². The first-order valence-electron chi connectivity index (χ1n) is 8.17. The molecule has 0 atom stereocenters. The molecule has 0 unspecified atom stereocenters. The van der Waals surface area contributed by atoms with Crippen LogP contribution >= 0.6 is 0 Å². The maximum Gasteiger partial charge on any atom is 0.142 e. The summed E-state index contributed by atoms with van der Waals surface area (Å²) in [6, 6.07) is 6.20. The molecule has 2 rings (SSSR count). The van der Waals surface area contributed by atoms with E-state index in [-0.39, 0.29) is 6.61 Å². The lowest BCUT2D eigenvalue weighted by Crippen LogP contribution is -2.07. The highest BCUT2D eigenvalue weighted by Crippen LogP contribution is 2.27. The van der Waals surface area contributed by atoms with Crippen LogP contribution in [0.25, 0.3) is 0 Å². The quantitative estimate of drug-likeness (QED) is 0.785. The zero-order valence-electron chi connectivity index (χ0n) is 14.5. The number of hydrogen-bond acceptors (Lipinski definition) is 4. The third kappa shape index (κ3) is 4.26. The van der Waals surface area contributed by atoms with Crippen molar-refractivity contribution in [3.05, 3.63) is 40.7 Å². The van der Waals surface area contributed by atoms with E-state index in [1.54, 1.807) is 0 Å². The smallest absolute Gasteiger partial charge is 0.142 e. The number of rotatable bonds is 8. The van der Waals surface area contributed by atoms with Gasteiger partial charge in [-0.3, -0.25) is 4.68 Å². The number of benzene rings is 1. The molecule has 0 radical (unpaired) electrons. The van der Waals surface area contributed by atoms with Gasteiger partial charge in [-0.15, -0.1) is 0 Å². The number of anilines is 1. The average molecular weight is 317 g/mol. The first-order chi connectivity index (χ1) is 11.1. The molecule has 23 heavy (non-hydrogen) atoms. The van der Waals surface area contributed by atoms with E-state index in [0.29, 0.717) is 19.7 Å². The van der Waals surface area contributed by atoms with E-state index in [1.807, 2.05) is 18.5 Å². The first kappa shape index (κ1) is 17.3. The summed E-state index contributed by atoms with van der Waals surface area (Å²) in [5.41, 5.74) is 5.43. The Kier molecular flexibility index (Phi) is 6.04. The fourth-order valence-electron chi connectivity index (χ4n) is 2.59. The molecule has 0 fully saturated rings. The van der Waals surface area contributed by atoms with Gasteiger partial charge in [0.2, 0.25) is 0 Å². The lowest BCUT2D eigenvalue weighted by Gasteiger charge is -2.14. The van der Waals surface area contributed by atoms with Gasteiger partial charge in [-0.2, -0.15) is 5.10 Å². The fourth-order valence-corrected chi connectivity index (χ4v) is 2.59. The standard InChI is InChI=1S/C18H27N3O2/c1-5-10-23-18-11-13(2)6-7-17(18)19-12-16-14(3)20-21(8-9-22)15(16)4/h6-7,11,19,22H,5,8-10,12H2,1-4H3. The van der Waals surface area contributed by atoms with Crippen LogP contribution in [0.3, 0.4) is 0 Å². The van der Waals surface area contributed by atoms with Gasteiger partial charge < -0.3 is 15.2 Å². The lowest BCUT2D eigenvalue weighted by molar-refractivity contribution is 0.268. The zero-order valence-corrected chi connectivity index (χ0v) is 14.5. The van der Waals surface area contributed by atoms with Crippen LogP contribution < -0.4 is 10.1 Å². The van der Waals surface area contributed by atoms with E-state index >= 15 is 0 Å². The maximum atomic E-state index is 9.10. The highest BCUT2D eigenvalue weighted by molar-refractivity contribution is 5.58. The molecule has 2 aromatic rings. The molecule has 0 amide bonds. The molecule has 5 nitrogen and oxygen atoms in total. The van der Waals surface area contributed by atoms with E-state index < -0.39 is 0 Å². The molecule has 0 saturated carbocycles. The van der Waals surface area contributed by atoms with Crippen molar-refractivity contribution in [3.63, 3.8) is 0 Å². The van der Waals surface area contributed by atoms with Crippen LogP contribution in [0, 0.1) is 20.8 Å². The Balaban J connectivity index is 2.15. The van der Waals surface area contributed by atoms with Crippen LogP contribution in [-0.2, 0) is 13.1 Å². The van der Waals surface area contributed by atoms with Crippen molar-refractivity contribution in [1.29, 1.82) is 0 Å². The third-order valence-corrected chi connectivity index (χ3v) is 3.90. The topological polar surface area (TPSA) is 59.3 Å². The molecule has 0 saturated heterocycles. The highest BCUT2D eigenvalue weighted by atomic mass is 16.5. The number of nitrogens with zero attached hydrogens (tertiary/aromatic N) is 2. The minimum Gasteiger partial charge on any atom is -0.491 e. The fraction of sp³-hybridized carbons (Fsp3) is 0.500. The number of ether oxygens (including phenoxy) is 1. The number of aryl methyl sites for hydroxylation is 2. The molecule has 0 bridgehead atoms. The summed E-state index contributed by atoms with van der Waals surface area (Å²) in [7, 11) is 0. The predicted octanol–water partition coefficient (Wildman–Crippen LogP) is 3.20. The van der Waals surface area contributed by atoms with Crippen LogP contribution in [0.1, 0.15) is 35.9 Å². The Labute approximate surface area is 138 Å². The van der Waals surface area contributed by atoms with Gasteiger partial charge in [0, 0.05) is 17.8 Å². The molecular formula is C18H27N3O2. The van der Waals surface area contributed by atoms with Crippen molar-refractivity contribution in [2.24, 2.45) is 0 Å². The van der Waals surface area contributed by atoms with Crippen molar-refractivity contribution in [2.75, 3.05) is 18.5 Å². The minimum atomic E-state index is 0.0990. The van der Waals surface area contributed by atoms with E-state index in [9.17, 15) is 0 Å². The van der Waals surface area contributed by atoms with Crippen molar-refractivity contribution in [3.8, 4) is 5.75 Å². The van der Waals surface area contributed by atoms with Gasteiger partial charge in [0.15, 0.2) is 0 Å². The van der Waals surface area contributed by atoms with Gasteiger partial charge in [-0.25, -0.2) is 0 Å². The van der Waals surface area contributed by atoms with Gasteiger partial charge in [-0.1, -0.05) is 13.0 Å². The lowest BCUT2D eigenvalue weighted by atomic mass is 10.1. The van der Waals surface area contributed by atoms with E-state index in [0.717, 1.165) is 29.2 Å². The normalized spacial score (nSPS) is 10.8. The maximum absolute atomic E-state index is 9.10. The van der Waals surface area contributed by atoms with Crippen LogP contribution in [0.15, 0.2) is 18.2 Å². The van der Waals surface area contributed by atoms with E-state index in [2.05, 4.69) is 42.5 Å². The molecule has 5 heteroatoms. The first-order valence-corrected chi connectivity index (χ1v) is 8.17. The number of aliphatic hydroxyl groups excluding tert-OH is 1. The Morgan fingerprint density at radius 3 is 2.74 bits per heavy atom. The van der Waals surface area contributed by atoms with Crippen LogP contribution in [0.4, 0.5) is 5.69 Å².